The zero-order valence-electron chi connectivity index (χ0n) is 17.5. The van der Waals surface area contributed by atoms with Gasteiger partial charge in [-0.3, -0.25) is 9.69 Å². The molecular weight excluding hydrogens is 392 g/mol. The molecule has 1 aromatic carbocycles. The first-order valence-corrected chi connectivity index (χ1v) is 12.0. The molecule has 29 heavy (non-hydrogen) atoms. The SMILES string of the molecule is Cc1ccc(OCC2(O)CCN(CC(=O)N[C@@]3(C)CCS(=O)(=O)C3)CC2)cc1C. The van der Waals surface area contributed by atoms with Gasteiger partial charge in [-0.1, -0.05) is 6.07 Å². The Morgan fingerprint density at radius 3 is 2.48 bits per heavy atom. The van der Waals surface area contributed by atoms with Gasteiger partial charge in [0.05, 0.1) is 23.6 Å². The lowest BCUT2D eigenvalue weighted by Gasteiger charge is -2.38. The topological polar surface area (TPSA) is 95.9 Å². The fourth-order valence-corrected chi connectivity index (χ4v) is 6.07. The number of nitrogens with one attached hydrogen (secondary N) is 1. The van der Waals surface area contributed by atoms with Crippen LogP contribution in [0.15, 0.2) is 18.2 Å². The van der Waals surface area contributed by atoms with Crippen molar-refractivity contribution in [2.45, 2.75) is 51.2 Å². The standard InChI is InChI=1S/C21H32N2O5S/c1-16-4-5-18(12-17(16)2)28-14-21(25)6-9-23(10-7-21)13-19(24)22-20(3)8-11-29(26,27)15-20/h4-5,12,25H,6-11,13-15H2,1-3H3,(H,22,24)/t20-/m0/s1. The summed E-state index contributed by atoms with van der Waals surface area (Å²) in [5.74, 6) is 0.715. The van der Waals surface area contributed by atoms with Crippen LogP contribution in [0.2, 0.25) is 0 Å². The Kier molecular flexibility index (Phi) is 6.27. The van der Waals surface area contributed by atoms with Gasteiger partial charge < -0.3 is 15.2 Å². The van der Waals surface area contributed by atoms with E-state index in [1.54, 1.807) is 6.92 Å². The Bertz CT molecular complexity index is 862. The first-order valence-electron chi connectivity index (χ1n) is 10.1. The average Bonchev–Trinajstić information content (AvgIpc) is 2.91. The molecule has 1 aromatic rings. The Balaban J connectivity index is 1.44. The predicted molar refractivity (Wildman–Crippen MR) is 112 cm³/mol. The van der Waals surface area contributed by atoms with E-state index >= 15 is 0 Å². The van der Waals surface area contributed by atoms with E-state index in [1.807, 2.05) is 36.9 Å². The van der Waals surface area contributed by atoms with Crippen molar-refractivity contribution in [3.63, 3.8) is 0 Å². The fourth-order valence-electron chi connectivity index (χ4n) is 3.98. The van der Waals surface area contributed by atoms with Crippen LogP contribution in [0.4, 0.5) is 0 Å². The molecule has 0 unspecified atom stereocenters. The molecule has 0 saturated carbocycles. The number of sulfone groups is 1. The molecule has 2 aliphatic heterocycles. The Hall–Kier alpha value is -1.64. The zero-order chi connectivity index (χ0) is 21.3. The molecule has 2 aliphatic rings. The van der Waals surface area contributed by atoms with Crippen LogP contribution >= 0.6 is 0 Å². The molecule has 2 N–H and O–H groups in total. The number of carbonyl (C=O) groups is 1. The van der Waals surface area contributed by atoms with Gasteiger partial charge in [0.1, 0.15) is 18.0 Å². The highest BCUT2D eigenvalue weighted by Gasteiger charge is 2.40. The number of piperidine rings is 1. The van der Waals surface area contributed by atoms with Crippen molar-refractivity contribution < 1.29 is 23.1 Å². The van der Waals surface area contributed by atoms with E-state index in [4.69, 9.17) is 4.74 Å². The molecule has 7 nitrogen and oxygen atoms in total. The number of aryl methyl sites for hydroxylation is 2. The third-order valence-electron chi connectivity index (χ3n) is 6.08. The van der Waals surface area contributed by atoms with Gasteiger partial charge in [-0.25, -0.2) is 8.42 Å². The minimum Gasteiger partial charge on any atom is -0.491 e. The van der Waals surface area contributed by atoms with Gasteiger partial charge in [-0.2, -0.15) is 0 Å². The van der Waals surface area contributed by atoms with Crippen LogP contribution in [-0.4, -0.2) is 73.2 Å². The van der Waals surface area contributed by atoms with Crippen LogP contribution in [-0.2, 0) is 14.6 Å². The second-order valence-corrected chi connectivity index (χ2v) is 11.2. The maximum Gasteiger partial charge on any atom is 0.234 e. The second-order valence-electron chi connectivity index (χ2n) is 8.99. The molecule has 2 heterocycles. The van der Waals surface area contributed by atoms with Gasteiger partial charge >= 0.3 is 0 Å². The van der Waals surface area contributed by atoms with Crippen molar-refractivity contribution in [1.29, 1.82) is 0 Å². The number of likely N-dealkylation sites (tertiary alicyclic amines) is 1. The van der Waals surface area contributed by atoms with Crippen LogP contribution in [0.3, 0.4) is 0 Å². The summed E-state index contributed by atoms with van der Waals surface area (Å²) in [6.45, 7) is 7.49. The Morgan fingerprint density at radius 1 is 1.21 bits per heavy atom. The zero-order valence-corrected chi connectivity index (χ0v) is 18.3. The summed E-state index contributed by atoms with van der Waals surface area (Å²) in [6, 6.07) is 5.89. The van der Waals surface area contributed by atoms with Gasteiger partial charge in [0, 0.05) is 13.1 Å². The summed E-state index contributed by atoms with van der Waals surface area (Å²) in [5, 5.41) is 13.7. The molecule has 1 amide bonds. The van der Waals surface area contributed by atoms with Gasteiger partial charge in [0.2, 0.25) is 5.91 Å². The van der Waals surface area contributed by atoms with Crippen LogP contribution in [0, 0.1) is 13.8 Å². The van der Waals surface area contributed by atoms with E-state index in [-0.39, 0.29) is 30.6 Å². The normalized spacial score (nSPS) is 26.2. The molecule has 2 saturated heterocycles. The van der Waals surface area contributed by atoms with E-state index in [9.17, 15) is 18.3 Å². The molecule has 8 heteroatoms. The van der Waals surface area contributed by atoms with Gasteiger partial charge in [-0.15, -0.1) is 0 Å². The molecule has 0 aromatic heterocycles. The number of aliphatic hydroxyl groups is 1. The van der Waals surface area contributed by atoms with Crippen LogP contribution in [0.1, 0.15) is 37.3 Å². The van der Waals surface area contributed by atoms with E-state index < -0.39 is 21.0 Å². The number of rotatable bonds is 6. The van der Waals surface area contributed by atoms with E-state index in [0.29, 0.717) is 32.4 Å². The highest BCUT2D eigenvalue weighted by atomic mass is 32.2. The third-order valence-corrected chi connectivity index (χ3v) is 7.99. The van der Waals surface area contributed by atoms with Gasteiger partial charge in [0.15, 0.2) is 9.84 Å². The van der Waals surface area contributed by atoms with Crippen molar-refractivity contribution in [1.82, 2.24) is 10.2 Å². The highest BCUT2D eigenvalue weighted by molar-refractivity contribution is 7.91. The summed E-state index contributed by atoms with van der Waals surface area (Å²) in [5.41, 5.74) is 0.773. The highest BCUT2D eigenvalue weighted by Crippen LogP contribution is 2.26. The first kappa shape index (κ1) is 22.1. The van der Waals surface area contributed by atoms with Crippen molar-refractivity contribution in [3.05, 3.63) is 29.3 Å². The Labute approximate surface area is 173 Å². The van der Waals surface area contributed by atoms with Crippen LogP contribution in [0.25, 0.3) is 0 Å². The smallest absolute Gasteiger partial charge is 0.234 e. The predicted octanol–water partition coefficient (Wildman–Crippen LogP) is 1.20. The molecule has 2 fully saturated rings. The lowest BCUT2D eigenvalue weighted by Crippen LogP contribution is -2.53. The number of ether oxygens (including phenoxy) is 1. The minimum atomic E-state index is -3.06. The molecule has 1 atom stereocenters. The summed E-state index contributed by atoms with van der Waals surface area (Å²) in [6.07, 6.45) is 1.50. The van der Waals surface area contributed by atoms with E-state index in [2.05, 4.69) is 5.32 Å². The summed E-state index contributed by atoms with van der Waals surface area (Å²) in [7, 11) is -3.06. The number of amides is 1. The molecule has 0 radical (unpaired) electrons. The summed E-state index contributed by atoms with van der Waals surface area (Å²) >= 11 is 0. The van der Waals surface area contributed by atoms with Crippen LogP contribution in [0.5, 0.6) is 5.75 Å². The number of nitrogens with zero attached hydrogens (tertiary/aromatic N) is 1. The van der Waals surface area contributed by atoms with Crippen molar-refractivity contribution >= 4 is 15.7 Å². The fraction of sp³-hybridized carbons (Fsp3) is 0.667. The monoisotopic (exact) mass is 424 g/mol. The number of hydrogen-bond acceptors (Lipinski definition) is 6. The molecule has 162 valence electrons. The quantitative estimate of drug-likeness (QED) is 0.713. The maximum absolute atomic E-state index is 12.4. The number of hydrogen-bond donors (Lipinski definition) is 2. The van der Waals surface area contributed by atoms with Crippen molar-refractivity contribution in [2.24, 2.45) is 0 Å². The number of benzene rings is 1. The lowest BCUT2D eigenvalue weighted by atomic mass is 9.92. The van der Waals surface area contributed by atoms with Gasteiger partial charge in [-0.05, 0) is 63.3 Å². The largest absolute Gasteiger partial charge is 0.491 e. The van der Waals surface area contributed by atoms with Crippen LogP contribution < -0.4 is 10.1 Å². The first-order chi connectivity index (χ1) is 13.5. The Morgan fingerprint density at radius 2 is 1.90 bits per heavy atom. The second kappa shape index (κ2) is 8.24. The van der Waals surface area contributed by atoms with E-state index in [1.165, 1.54) is 5.56 Å². The maximum atomic E-state index is 12.4. The average molecular weight is 425 g/mol. The van der Waals surface area contributed by atoms with Gasteiger partial charge in [0.25, 0.3) is 0 Å². The summed E-state index contributed by atoms with van der Waals surface area (Å²) < 4.78 is 29.2. The lowest BCUT2D eigenvalue weighted by molar-refractivity contribution is -0.125. The minimum absolute atomic E-state index is 0.00130. The molecule has 0 aliphatic carbocycles. The van der Waals surface area contributed by atoms with Crippen molar-refractivity contribution in [2.75, 3.05) is 37.7 Å². The molecule has 0 spiro atoms. The number of carbonyl (C=O) groups excluding carboxylic acids is 1. The molecular formula is C21H32N2O5S. The molecule has 0 bridgehead atoms. The van der Waals surface area contributed by atoms with Crippen molar-refractivity contribution in [3.8, 4) is 5.75 Å². The molecule has 3 rings (SSSR count). The third kappa shape index (κ3) is 5.93. The summed E-state index contributed by atoms with van der Waals surface area (Å²) in [4.78, 5) is 14.4. The van der Waals surface area contributed by atoms with E-state index in [0.717, 1.165) is 11.3 Å².